The Bertz CT molecular complexity index is 1470. The van der Waals surface area contributed by atoms with Crippen molar-refractivity contribution in [3.05, 3.63) is 81.7 Å². The van der Waals surface area contributed by atoms with Crippen LogP contribution in [0.15, 0.2) is 54.7 Å². The van der Waals surface area contributed by atoms with Gasteiger partial charge in [-0.05, 0) is 69.2 Å². The van der Waals surface area contributed by atoms with E-state index < -0.39 is 21.9 Å². The molecule has 10 heteroatoms. The molecule has 0 fully saturated rings. The Morgan fingerprint density at radius 2 is 1.95 bits per heavy atom. The zero-order chi connectivity index (χ0) is 28.2. The number of pyridine rings is 1. The normalized spacial score (nSPS) is 12.5. The average Bonchev–Trinajstić information content (AvgIpc) is 3.26. The minimum absolute atomic E-state index is 0.0249. The molecular weight excluding hydrogens is 559 g/mol. The van der Waals surface area contributed by atoms with Gasteiger partial charge in [-0.2, -0.15) is 0 Å². The molecule has 6 nitrogen and oxygen atoms in total. The summed E-state index contributed by atoms with van der Waals surface area (Å²) in [7, 11) is 0. The van der Waals surface area contributed by atoms with E-state index in [0.717, 1.165) is 21.2 Å². The van der Waals surface area contributed by atoms with Gasteiger partial charge in [-0.1, -0.05) is 29.8 Å². The quantitative estimate of drug-likeness (QED) is 0.159. The lowest BCUT2D eigenvalue weighted by Crippen LogP contribution is -2.39. The van der Waals surface area contributed by atoms with Gasteiger partial charge in [0, 0.05) is 38.8 Å². The van der Waals surface area contributed by atoms with Gasteiger partial charge in [0.1, 0.15) is 17.1 Å². The number of para-hydroxylation sites is 1. The number of hydrogen-bond acceptors (Lipinski definition) is 7. The van der Waals surface area contributed by atoms with Crippen molar-refractivity contribution in [3.8, 4) is 16.9 Å². The molecule has 39 heavy (non-hydrogen) atoms. The lowest BCUT2D eigenvalue weighted by molar-refractivity contribution is -0.142. The number of fused-ring (bicyclic) bond motifs is 1. The van der Waals surface area contributed by atoms with Crippen LogP contribution in [0.2, 0.25) is 4.34 Å². The molecule has 2 aromatic heterocycles. The van der Waals surface area contributed by atoms with E-state index in [1.165, 1.54) is 11.3 Å². The fourth-order valence-corrected chi connectivity index (χ4v) is 5.89. The summed E-state index contributed by atoms with van der Waals surface area (Å²) < 4.78 is 43.2. The summed E-state index contributed by atoms with van der Waals surface area (Å²) in [6, 6.07) is 14.6. The van der Waals surface area contributed by atoms with E-state index >= 15 is 4.39 Å². The first kappa shape index (κ1) is 29.3. The Morgan fingerprint density at radius 3 is 2.69 bits per heavy atom. The summed E-state index contributed by atoms with van der Waals surface area (Å²) in [5, 5.41) is 0.818. The Balaban J connectivity index is 1.64. The maximum absolute atomic E-state index is 15.8. The van der Waals surface area contributed by atoms with E-state index in [2.05, 4.69) is 9.71 Å². The number of thiophene rings is 1. The van der Waals surface area contributed by atoms with Crippen LogP contribution < -0.4 is 9.46 Å². The van der Waals surface area contributed by atoms with Crippen LogP contribution in [-0.2, 0) is 40.5 Å². The molecule has 0 bridgehead atoms. The molecule has 0 spiro atoms. The highest BCUT2D eigenvalue weighted by Gasteiger charge is 2.27. The zero-order valence-corrected chi connectivity index (χ0v) is 24.6. The van der Waals surface area contributed by atoms with E-state index in [-0.39, 0.29) is 31.2 Å². The van der Waals surface area contributed by atoms with Crippen LogP contribution in [0.1, 0.15) is 44.5 Å². The highest BCUT2D eigenvalue weighted by molar-refractivity contribution is 7.90. The maximum Gasteiger partial charge on any atom is 0.310 e. The number of nitrogens with zero attached hydrogens (tertiary/aromatic N) is 1. The number of rotatable bonds is 10. The first-order chi connectivity index (χ1) is 18.6. The minimum atomic E-state index is -1.37. The van der Waals surface area contributed by atoms with Gasteiger partial charge >= 0.3 is 5.97 Å². The van der Waals surface area contributed by atoms with Crippen molar-refractivity contribution >= 4 is 50.4 Å². The van der Waals surface area contributed by atoms with Crippen LogP contribution in [0.4, 0.5) is 4.39 Å². The van der Waals surface area contributed by atoms with Gasteiger partial charge in [-0.15, -0.1) is 16.1 Å². The molecule has 1 N–H and O–H groups in total. The first-order valence-corrected chi connectivity index (χ1v) is 14.8. The summed E-state index contributed by atoms with van der Waals surface area (Å²) in [5.74, 6) is -0.237. The van der Waals surface area contributed by atoms with Crippen molar-refractivity contribution in [1.82, 2.24) is 9.71 Å². The maximum atomic E-state index is 15.8. The molecule has 0 radical (unpaired) electrons. The Morgan fingerprint density at radius 1 is 1.18 bits per heavy atom. The largest absolute Gasteiger partial charge is 0.598 e. The third kappa shape index (κ3) is 7.29. The molecule has 4 aromatic rings. The van der Waals surface area contributed by atoms with Gasteiger partial charge in [-0.3, -0.25) is 9.78 Å². The number of esters is 1. The van der Waals surface area contributed by atoms with Crippen molar-refractivity contribution in [2.24, 2.45) is 0 Å². The first-order valence-electron chi connectivity index (χ1n) is 12.4. The minimum Gasteiger partial charge on any atom is -0.598 e. The van der Waals surface area contributed by atoms with Crippen molar-refractivity contribution in [1.29, 1.82) is 0 Å². The molecule has 0 aliphatic heterocycles. The third-order valence-electron chi connectivity index (χ3n) is 5.85. The molecule has 0 saturated carbocycles. The van der Waals surface area contributed by atoms with Crippen LogP contribution in [-0.4, -0.2) is 26.9 Å². The monoisotopic (exact) mass is 588 g/mol. The van der Waals surface area contributed by atoms with Gasteiger partial charge in [0.25, 0.3) is 0 Å². The number of carbonyl (C=O) groups excluding carboxylic acids is 1. The molecule has 2 heterocycles. The summed E-state index contributed by atoms with van der Waals surface area (Å²) in [6.07, 6.45) is 1.65. The second-order valence-electron chi connectivity index (χ2n) is 9.81. The second-order valence-corrected chi connectivity index (χ2v) is 13.6. The number of aromatic nitrogens is 1. The SMILES string of the molecule is CCOC(=O)Cc1ccccc1OCc1cc(-c2ccnc(CN[S+]([O-])C(C)(C)C)c2F)c2cc(Cl)sc2c1. The number of carbonyl (C=O) groups is 1. The topological polar surface area (TPSA) is 83.5 Å². The molecule has 0 aliphatic carbocycles. The second kappa shape index (κ2) is 12.7. The number of halogens is 2. The number of benzene rings is 2. The molecule has 0 aliphatic rings. The summed E-state index contributed by atoms with van der Waals surface area (Å²) in [6.45, 7) is 7.83. The predicted octanol–water partition coefficient (Wildman–Crippen LogP) is 6.99. The number of hydrogen-bond donors (Lipinski definition) is 1. The van der Waals surface area contributed by atoms with Gasteiger partial charge in [0.2, 0.25) is 0 Å². The van der Waals surface area contributed by atoms with Crippen LogP contribution in [0.3, 0.4) is 0 Å². The Hall–Kier alpha value is -2.69. The van der Waals surface area contributed by atoms with Crippen LogP contribution in [0.25, 0.3) is 21.2 Å². The van der Waals surface area contributed by atoms with Crippen LogP contribution in [0.5, 0.6) is 5.75 Å². The highest BCUT2D eigenvalue weighted by Crippen LogP contribution is 2.39. The molecule has 1 atom stereocenters. The van der Waals surface area contributed by atoms with E-state index in [1.54, 1.807) is 25.3 Å². The van der Waals surface area contributed by atoms with E-state index in [9.17, 15) is 9.35 Å². The summed E-state index contributed by atoms with van der Waals surface area (Å²) >= 11 is 6.39. The standard InChI is InChI=1S/C29H30ClFN2O4S2/c1-5-36-27(34)14-19-8-6-7-9-24(19)37-17-18-12-21(22-15-26(30)38-25(22)13-18)20-10-11-32-23(28(20)31)16-33-39(35)29(2,3)4/h6-13,15,33H,5,14,16-17H2,1-4H3. The highest BCUT2D eigenvalue weighted by atomic mass is 35.5. The van der Waals surface area contributed by atoms with Gasteiger partial charge in [-0.25, -0.2) is 4.39 Å². The van der Waals surface area contributed by atoms with Gasteiger partial charge in [0.05, 0.1) is 29.6 Å². The third-order valence-corrected chi connectivity index (χ3v) is 8.58. The van der Waals surface area contributed by atoms with Gasteiger partial charge in [0.15, 0.2) is 5.82 Å². The molecule has 1 unspecified atom stereocenters. The Labute approximate surface area is 239 Å². The average molecular weight is 589 g/mol. The number of nitrogens with one attached hydrogen (secondary N) is 1. The Kier molecular flexibility index (Phi) is 9.51. The molecule has 0 amide bonds. The molecule has 206 valence electrons. The van der Waals surface area contributed by atoms with Crippen molar-refractivity contribution in [2.75, 3.05) is 6.61 Å². The van der Waals surface area contributed by atoms with Crippen LogP contribution in [0, 0.1) is 5.82 Å². The van der Waals surface area contributed by atoms with E-state index in [0.29, 0.717) is 27.8 Å². The molecule has 4 rings (SSSR count). The number of ether oxygens (including phenoxy) is 2. The lowest BCUT2D eigenvalue weighted by atomic mass is 9.99. The summed E-state index contributed by atoms with van der Waals surface area (Å²) in [5.41, 5.74) is 2.74. The fourth-order valence-electron chi connectivity index (χ4n) is 3.96. The van der Waals surface area contributed by atoms with Crippen LogP contribution >= 0.6 is 22.9 Å². The molecular formula is C29H30ClFN2O4S2. The smallest absolute Gasteiger partial charge is 0.310 e. The predicted molar refractivity (Wildman–Crippen MR) is 156 cm³/mol. The summed E-state index contributed by atoms with van der Waals surface area (Å²) in [4.78, 5) is 16.2. The zero-order valence-electron chi connectivity index (χ0n) is 22.2. The fraction of sp³-hybridized carbons (Fsp3) is 0.310. The van der Waals surface area contributed by atoms with E-state index in [1.807, 2.05) is 57.2 Å². The lowest BCUT2D eigenvalue weighted by Gasteiger charge is -2.23. The van der Waals surface area contributed by atoms with Gasteiger partial charge < -0.3 is 14.0 Å². The van der Waals surface area contributed by atoms with Crippen molar-refractivity contribution < 1.29 is 23.2 Å². The van der Waals surface area contributed by atoms with Crippen molar-refractivity contribution in [3.63, 3.8) is 0 Å². The van der Waals surface area contributed by atoms with Crippen molar-refractivity contribution in [2.45, 2.75) is 52.0 Å². The molecule has 2 aromatic carbocycles. The molecule has 0 saturated heterocycles. The van der Waals surface area contributed by atoms with E-state index in [4.69, 9.17) is 21.1 Å².